The Labute approximate surface area is 130 Å². The van der Waals surface area contributed by atoms with Crippen LogP contribution >= 0.6 is 11.6 Å². The van der Waals surface area contributed by atoms with E-state index in [0.29, 0.717) is 11.6 Å². The van der Waals surface area contributed by atoms with Gasteiger partial charge in [-0.2, -0.15) is 0 Å². The van der Waals surface area contributed by atoms with Crippen LogP contribution in [0.1, 0.15) is 30.9 Å². The predicted octanol–water partition coefficient (Wildman–Crippen LogP) is 3.79. The molecule has 0 bridgehead atoms. The van der Waals surface area contributed by atoms with Crippen LogP contribution in [0.3, 0.4) is 0 Å². The third-order valence-corrected chi connectivity index (χ3v) is 3.65. The number of hydrogen-bond acceptors (Lipinski definition) is 2. The maximum absolute atomic E-state index is 12.5. The predicted molar refractivity (Wildman–Crippen MR) is 85.1 cm³/mol. The van der Waals surface area contributed by atoms with Gasteiger partial charge in [0.25, 0.3) is 0 Å². The number of hydrogen-bond donors (Lipinski definition) is 1. The van der Waals surface area contributed by atoms with Crippen molar-refractivity contribution in [2.45, 2.75) is 26.3 Å². The summed E-state index contributed by atoms with van der Waals surface area (Å²) in [4.78, 5) is 16.5. The molecule has 1 amide bonds. The third kappa shape index (κ3) is 4.30. The molecular formula is C17H19ClN2O. The third-order valence-electron chi connectivity index (χ3n) is 3.39. The van der Waals surface area contributed by atoms with E-state index in [1.165, 1.54) is 0 Å². The van der Waals surface area contributed by atoms with E-state index >= 15 is 0 Å². The molecule has 2 rings (SSSR count). The van der Waals surface area contributed by atoms with Crippen LogP contribution in [0.25, 0.3) is 0 Å². The van der Waals surface area contributed by atoms with Gasteiger partial charge in [-0.1, -0.05) is 37.6 Å². The molecule has 2 aromatic rings. The van der Waals surface area contributed by atoms with Gasteiger partial charge in [0.15, 0.2) is 0 Å². The maximum atomic E-state index is 12.5. The number of amides is 1. The lowest BCUT2D eigenvalue weighted by Gasteiger charge is -2.21. The highest BCUT2D eigenvalue weighted by Crippen LogP contribution is 2.26. The highest BCUT2D eigenvalue weighted by atomic mass is 35.5. The second-order valence-electron chi connectivity index (χ2n) is 5.35. The molecule has 1 atom stereocenters. The van der Waals surface area contributed by atoms with Crippen molar-refractivity contribution in [3.05, 3.63) is 64.9 Å². The fourth-order valence-corrected chi connectivity index (χ4v) is 2.43. The summed E-state index contributed by atoms with van der Waals surface area (Å²) in [5.74, 6) is 0.0665. The van der Waals surface area contributed by atoms with Crippen LogP contribution in [0.2, 0.25) is 5.02 Å². The lowest BCUT2D eigenvalue weighted by molar-refractivity contribution is -0.123. The average molecular weight is 303 g/mol. The molecule has 0 aliphatic rings. The highest BCUT2D eigenvalue weighted by Gasteiger charge is 2.23. The number of halogens is 1. The first-order chi connectivity index (χ1) is 10.1. The number of benzene rings is 1. The Morgan fingerprint density at radius 2 is 1.76 bits per heavy atom. The van der Waals surface area contributed by atoms with Gasteiger partial charge in [0.2, 0.25) is 5.91 Å². The minimum absolute atomic E-state index is 0.0316. The summed E-state index contributed by atoms with van der Waals surface area (Å²) in [5, 5.41) is 3.67. The largest absolute Gasteiger partial charge is 0.351 e. The molecule has 1 aromatic heterocycles. The van der Waals surface area contributed by atoms with Gasteiger partial charge in [-0.15, -0.1) is 0 Å². The molecule has 0 saturated heterocycles. The molecule has 4 heteroatoms. The van der Waals surface area contributed by atoms with E-state index in [9.17, 15) is 4.79 Å². The number of carbonyl (C=O) groups excluding carboxylic acids is 1. The summed E-state index contributed by atoms with van der Waals surface area (Å²) in [5.41, 5.74) is 2.03. The number of nitrogens with zero attached hydrogens (tertiary/aromatic N) is 1. The molecule has 1 aromatic carbocycles. The van der Waals surface area contributed by atoms with Crippen LogP contribution < -0.4 is 5.32 Å². The van der Waals surface area contributed by atoms with Gasteiger partial charge in [-0.25, -0.2) is 0 Å². The Morgan fingerprint density at radius 3 is 2.33 bits per heavy atom. The Kier molecular flexibility index (Phi) is 5.34. The molecule has 1 heterocycles. The van der Waals surface area contributed by atoms with Crippen molar-refractivity contribution in [2.75, 3.05) is 0 Å². The van der Waals surface area contributed by atoms with Crippen LogP contribution in [-0.4, -0.2) is 10.9 Å². The summed E-state index contributed by atoms with van der Waals surface area (Å²) in [6, 6.07) is 11.3. The summed E-state index contributed by atoms with van der Waals surface area (Å²) in [6.45, 7) is 4.61. The molecule has 0 radical (unpaired) electrons. The van der Waals surface area contributed by atoms with Gasteiger partial charge in [-0.05, 0) is 41.3 Å². The Morgan fingerprint density at radius 1 is 1.14 bits per heavy atom. The fraction of sp³-hybridized carbons (Fsp3) is 0.294. The van der Waals surface area contributed by atoms with E-state index in [2.05, 4.69) is 10.3 Å². The second-order valence-corrected chi connectivity index (χ2v) is 5.78. The Hall–Kier alpha value is -1.87. The number of pyridine rings is 1. The zero-order valence-electron chi connectivity index (χ0n) is 12.2. The van der Waals surface area contributed by atoms with Crippen molar-refractivity contribution in [1.29, 1.82) is 0 Å². The van der Waals surface area contributed by atoms with E-state index < -0.39 is 0 Å². The van der Waals surface area contributed by atoms with Gasteiger partial charge in [0.1, 0.15) is 0 Å². The van der Waals surface area contributed by atoms with E-state index in [-0.39, 0.29) is 17.7 Å². The first-order valence-corrected chi connectivity index (χ1v) is 7.38. The van der Waals surface area contributed by atoms with Crippen LogP contribution in [-0.2, 0) is 11.3 Å². The van der Waals surface area contributed by atoms with Crippen molar-refractivity contribution in [1.82, 2.24) is 10.3 Å². The van der Waals surface area contributed by atoms with Crippen molar-refractivity contribution >= 4 is 17.5 Å². The monoisotopic (exact) mass is 302 g/mol. The number of rotatable bonds is 5. The van der Waals surface area contributed by atoms with Crippen molar-refractivity contribution in [2.24, 2.45) is 5.92 Å². The van der Waals surface area contributed by atoms with Crippen molar-refractivity contribution in [3.8, 4) is 0 Å². The molecule has 0 spiro atoms. The quantitative estimate of drug-likeness (QED) is 0.913. The van der Waals surface area contributed by atoms with Gasteiger partial charge < -0.3 is 5.32 Å². The van der Waals surface area contributed by atoms with Crippen molar-refractivity contribution < 1.29 is 4.79 Å². The summed E-state index contributed by atoms with van der Waals surface area (Å²) in [7, 11) is 0. The summed E-state index contributed by atoms with van der Waals surface area (Å²) in [6.07, 6.45) is 3.45. The molecule has 0 fully saturated rings. The van der Waals surface area contributed by atoms with E-state index in [1.54, 1.807) is 12.4 Å². The minimum atomic E-state index is -0.177. The smallest absolute Gasteiger partial charge is 0.228 e. The van der Waals surface area contributed by atoms with Gasteiger partial charge >= 0.3 is 0 Å². The molecule has 0 aliphatic carbocycles. The molecule has 1 unspecified atom stereocenters. The lowest BCUT2D eigenvalue weighted by atomic mass is 9.87. The van der Waals surface area contributed by atoms with Crippen LogP contribution in [0, 0.1) is 5.92 Å². The van der Waals surface area contributed by atoms with Gasteiger partial charge in [0, 0.05) is 24.0 Å². The lowest BCUT2D eigenvalue weighted by Crippen LogP contribution is -2.31. The second kappa shape index (κ2) is 7.23. The normalized spacial score (nSPS) is 12.2. The molecule has 1 N–H and O–H groups in total. The Balaban J connectivity index is 2.07. The number of nitrogens with one attached hydrogen (secondary N) is 1. The number of aromatic nitrogens is 1. The summed E-state index contributed by atoms with van der Waals surface area (Å²) < 4.78 is 0. The molecule has 110 valence electrons. The zero-order chi connectivity index (χ0) is 15.2. The zero-order valence-corrected chi connectivity index (χ0v) is 13.0. The van der Waals surface area contributed by atoms with Crippen LogP contribution in [0.5, 0.6) is 0 Å². The maximum Gasteiger partial charge on any atom is 0.228 e. The molecule has 0 aliphatic heterocycles. The number of carbonyl (C=O) groups is 1. The standard InChI is InChI=1S/C17H19ClN2O/c1-12(2)16(14-3-5-15(18)6-4-14)17(21)20-11-13-7-9-19-10-8-13/h3-10,12,16H,11H2,1-2H3,(H,20,21). The van der Waals surface area contributed by atoms with E-state index in [0.717, 1.165) is 11.1 Å². The fourth-order valence-electron chi connectivity index (χ4n) is 2.31. The van der Waals surface area contributed by atoms with Crippen LogP contribution in [0.4, 0.5) is 0 Å². The molecular weight excluding hydrogens is 284 g/mol. The van der Waals surface area contributed by atoms with Gasteiger partial charge in [0.05, 0.1) is 5.92 Å². The van der Waals surface area contributed by atoms with Gasteiger partial charge in [-0.3, -0.25) is 9.78 Å². The topological polar surface area (TPSA) is 42.0 Å². The SMILES string of the molecule is CC(C)C(C(=O)NCc1ccncc1)c1ccc(Cl)cc1. The highest BCUT2D eigenvalue weighted by molar-refractivity contribution is 6.30. The van der Waals surface area contributed by atoms with E-state index in [1.807, 2.05) is 50.2 Å². The molecule has 21 heavy (non-hydrogen) atoms. The first-order valence-electron chi connectivity index (χ1n) is 7.00. The minimum Gasteiger partial charge on any atom is -0.351 e. The summed E-state index contributed by atoms with van der Waals surface area (Å²) >= 11 is 5.91. The van der Waals surface area contributed by atoms with Crippen LogP contribution in [0.15, 0.2) is 48.8 Å². The molecule has 0 saturated carbocycles. The van der Waals surface area contributed by atoms with E-state index in [4.69, 9.17) is 11.6 Å². The van der Waals surface area contributed by atoms with Crippen molar-refractivity contribution in [3.63, 3.8) is 0 Å². The first kappa shape index (κ1) is 15.5. The average Bonchev–Trinajstić information content (AvgIpc) is 2.48. The molecule has 3 nitrogen and oxygen atoms in total. The Bertz CT molecular complexity index is 581.